The minimum Gasteiger partial charge on any atom is -0.485 e. The van der Waals surface area contributed by atoms with Crippen LogP contribution in [0.1, 0.15) is 29.7 Å². The Morgan fingerprint density at radius 3 is 2.65 bits per heavy atom. The van der Waals surface area contributed by atoms with Gasteiger partial charge in [-0.2, -0.15) is 0 Å². The van der Waals surface area contributed by atoms with Crippen molar-refractivity contribution in [2.75, 3.05) is 0 Å². The summed E-state index contributed by atoms with van der Waals surface area (Å²) >= 11 is 12.1. The van der Waals surface area contributed by atoms with E-state index in [2.05, 4.69) is 0 Å². The summed E-state index contributed by atoms with van der Waals surface area (Å²) in [5.41, 5.74) is 7.63. The van der Waals surface area contributed by atoms with Gasteiger partial charge >= 0.3 is 0 Å². The fourth-order valence-corrected chi connectivity index (χ4v) is 2.96. The largest absolute Gasteiger partial charge is 0.485 e. The monoisotopic (exact) mass is 311 g/mol. The van der Waals surface area contributed by atoms with Crippen molar-refractivity contribution in [3.8, 4) is 5.75 Å². The Balaban J connectivity index is 1.97. The van der Waals surface area contributed by atoms with Gasteiger partial charge in [-0.3, -0.25) is 0 Å². The van der Waals surface area contributed by atoms with E-state index in [0.717, 1.165) is 5.56 Å². The summed E-state index contributed by atoms with van der Waals surface area (Å²) in [7, 11) is 0. The number of ether oxygens (including phenoxy) is 1. The van der Waals surface area contributed by atoms with E-state index in [-0.39, 0.29) is 18.0 Å². The molecule has 104 valence electrons. The summed E-state index contributed by atoms with van der Waals surface area (Å²) in [5.74, 6) is 0.284. The molecular formula is C15H12Cl2FNO. The molecular weight excluding hydrogens is 300 g/mol. The average molecular weight is 312 g/mol. The van der Waals surface area contributed by atoms with Crippen LogP contribution < -0.4 is 10.5 Å². The number of nitrogens with two attached hydrogens (primary N) is 1. The molecule has 1 heterocycles. The highest BCUT2D eigenvalue weighted by Crippen LogP contribution is 2.41. The van der Waals surface area contributed by atoms with Gasteiger partial charge in [0, 0.05) is 33.6 Å². The fraction of sp³-hybridized carbons (Fsp3) is 0.200. The first-order chi connectivity index (χ1) is 9.54. The first-order valence-electron chi connectivity index (χ1n) is 6.21. The molecule has 20 heavy (non-hydrogen) atoms. The molecule has 0 radical (unpaired) electrons. The Bertz CT molecular complexity index is 662. The maximum absolute atomic E-state index is 13.2. The van der Waals surface area contributed by atoms with Crippen LogP contribution in [0.4, 0.5) is 4.39 Å². The van der Waals surface area contributed by atoms with Crippen LogP contribution in [-0.4, -0.2) is 0 Å². The van der Waals surface area contributed by atoms with E-state index in [1.165, 1.54) is 12.1 Å². The van der Waals surface area contributed by atoms with E-state index in [1.54, 1.807) is 18.2 Å². The van der Waals surface area contributed by atoms with Gasteiger partial charge in [-0.15, -0.1) is 0 Å². The molecule has 2 atom stereocenters. The second-order valence-electron chi connectivity index (χ2n) is 4.80. The van der Waals surface area contributed by atoms with Crippen molar-refractivity contribution in [2.24, 2.45) is 5.73 Å². The van der Waals surface area contributed by atoms with Crippen LogP contribution in [0.5, 0.6) is 5.75 Å². The summed E-state index contributed by atoms with van der Waals surface area (Å²) in [4.78, 5) is 0. The van der Waals surface area contributed by atoms with Crippen LogP contribution in [0.15, 0.2) is 36.4 Å². The lowest BCUT2D eigenvalue weighted by molar-refractivity contribution is 0.161. The number of fused-ring (bicyclic) bond motifs is 1. The first-order valence-corrected chi connectivity index (χ1v) is 6.97. The minimum absolute atomic E-state index is 0.257. The van der Waals surface area contributed by atoms with Gasteiger partial charge in [0.25, 0.3) is 0 Å². The van der Waals surface area contributed by atoms with Gasteiger partial charge < -0.3 is 10.5 Å². The molecule has 1 unspecified atom stereocenters. The zero-order chi connectivity index (χ0) is 14.3. The minimum atomic E-state index is -0.314. The molecule has 0 aromatic heterocycles. The molecule has 5 heteroatoms. The van der Waals surface area contributed by atoms with Gasteiger partial charge in [-0.1, -0.05) is 29.3 Å². The van der Waals surface area contributed by atoms with Gasteiger partial charge in [-0.25, -0.2) is 4.39 Å². The van der Waals surface area contributed by atoms with Crippen molar-refractivity contribution in [1.29, 1.82) is 0 Å². The molecule has 2 aromatic carbocycles. The van der Waals surface area contributed by atoms with E-state index >= 15 is 0 Å². The molecule has 0 spiro atoms. The van der Waals surface area contributed by atoms with Crippen molar-refractivity contribution in [2.45, 2.75) is 18.6 Å². The zero-order valence-corrected chi connectivity index (χ0v) is 12.0. The van der Waals surface area contributed by atoms with Gasteiger partial charge in [0.05, 0.1) is 0 Å². The molecule has 0 amide bonds. The van der Waals surface area contributed by atoms with Crippen molar-refractivity contribution in [1.82, 2.24) is 0 Å². The smallest absolute Gasteiger partial charge is 0.127 e. The molecule has 0 bridgehead atoms. The predicted octanol–water partition coefficient (Wildman–Crippen LogP) is 4.66. The zero-order valence-electron chi connectivity index (χ0n) is 10.4. The maximum Gasteiger partial charge on any atom is 0.127 e. The van der Waals surface area contributed by atoms with Gasteiger partial charge in [0.1, 0.15) is 17.7 Å². The SMILES string of the molecule is N[C@@H]1CC(c2ccc(Cl)cc2Cl)Oc2ccc(F)cc21. The Morgan fingerprint density at radius 2 is 1.90 bits per heavy atom. The molecule has 1 aliphatic rings. The number of hydrogen-bond acceptors (Lipinski definition) is 2. The lowest BCUT2D eigenvalue weighted by Gasteiger charge is -2.31. The topological polar surface area (TPSA) is 35.2 Å². The van der Waals surface area contributed by atoms with Crippen LogP contribution in [0.25, 0.3) is 0 Å². The van der Waals surface area contributed by atoms with Gasteiger partial charge in [-0.05, 0) is 30.3 Å². The first kappa shape index (κ1) is 13.7. The van der Waals surface area contributed by atoms with Crippen LogP contribution in [0.2, 0.25) is 10.0 Å². The average Bonchev–Trinajstić information content (AvgIpc) is 2.39. The summed E-state index contributed by atoms with van der Waals surface area (Å²) in [6.07, 6.45) is 0.283. The summed E-state index contributed by atoms with van der Waals surface area (Å²) in [6.45, 7) is 0. The van der Waals surface area contributed by atoms with E-state index < -0.39 is 0 Å². The summed E-state index contributed by atoms with van der Waals surface area (Å²) in [6, 6.07) is 9.35. The highest BCUT2D eigenvalue weighted by molar-refractivity contribution is 6.35. The maximum atomic E-state index is 13.2. The van der Waals surface area contributed by atoms with Gasteiger partial charge in [0.15, 0.2) is 0 Å². The van der Waals surface area contributed by atoms with Gasteiger partial charge in [0.2, 0.25) is 0 Å². The Kier molecular flexibility index (Phi) is 3.59. The Labute approximate surface area is 126 Å². The highest BCUT2D eigenvalue weighted by Gasteiger charge is 2.28. The van der Waals surface area contributed by atoms with Crippen molar-refractivity contribution >= 4 is 23.2 Å². The third kappa shape index (κ3) is 2.49. The Hall–Kier alpha value is -1.29. The third-order valence-electron chi connectivity index (χ3n) is 3.42. The highest BCUT2D eigenvalue weighted by atomic mass is 35.5. The molecule has 2 aromatic rings. The molecule has 0 aliphatic carbocycles. The molecule has 2 nitrogen and oxygen atoms in total. The number of halogens is 3. The third-order valence-corrected chi connectivity index (χ3v) is 3.98. The van der Waals surface area contributed by atoms with E-state index in [1.807, 2.05) is 6.07 Å². The standard InChI is InChI=1S/C15H12Cl2FNO/c16-8-1-3-10(12(17)5-8)15-7-13(19)11-6-9(18)2-4-14(11)20-15/h1-6,13,15H,7,19H2/t13-,15?/m1/s1. The van der Waals surface area contributed by atoms with Crippen LogP contribution in [0.3, 0.4) is 0 Å². The molecule has 1 aliphatic heterocycles. The molecule has 0 saturated carbocycles. The quantitative estimate of drug-likeness (QED) is 0.831. The second kappa shape index (κ2) is 5.24. The van der Waals surface area contributed by atoms with E-state index in [4.69, 9.17) is 33.7 Å². The Morgan fingerprint density at radius 1 is 1.10 bits per heavy atom. The lowest BCUT2D eigenvalue weighted by atomic mass is 9.93. The number of hydrogen-bond donors (Lipinski definition) is 1. The number of benzene rings is 2. The number of rotatable bonds is 1. The summed E-state index contributed by atoms with van der Waals surface area (Å²) in [5, 5.41) is 1.11. The molecule has 2 N–H and O–H groups in total. The predicted molar refractivity (Wildman–Crippen MR) is 77.8 cm³/mol. The molecule has 0 saturated heterocycles. The van der Waals surface area contributed by atoms with Crippen LogP contribution >= 0.6 is 23.2 Å². The summed E-state index contributed by atoms with van der Waals surface area (Å²) < 4.78 is 19.1. The second-order valence-corrected chi connectivity index (χ2v) is 5.64. The van der Waals surface area contributed by atoms with Crippen LogP contribution in [0, 0.1) is 5.82 Å². The fourth-order valence-electron chi connectivity index (χ4n) is 2.43. The molecule has 0 fully saturated rings. The van der Waals surface area contributed by atoms with Crippen molar-refractivity contribution in [3.05, 3.63) is 63.4 Å². The normalized spacial score (nSPS) is 21.2. The van der Waals surface area contributed by atoms with Crippen molar-refractivity contribution < 1.29 is 9.13 Å². The van der Waals surface area contributed by atoms with Crippen molar-refractivity contribution in [3.63, 3.8) is 0 Å². The van der Waals surface area contributed by atoms with Crippen LogP contribution in [-0.2, 0) is 0 Å². The molecule has 3 rings (SSSR count). The van der Waals surface area contributed by atoms with E-state index in [9.17, 15) is 4.39 Å². The van der Waals surface area contributed by atoms with E-state index in [0.29, 0.717) is 27.8 Å². The lowest BCUT2D eigenvalue weighted by Crippen LogP contribution is -2.24.